The van der Waals surface area contributed by atoms with Gasteiger partial charge in [0.15, 0.2) is 5.82 Å². The molecule has 0 saturated carbocycles. The van der Waals surface area contributed by atoms with Crippen LogP contribution in [-0.4, -0.2) is 21.3 Å². The van der Waals surface area contributed by atoms with Gasteiger partial charge < -0.3 is 10.1 Å². The number of hydrogen-bond donors (Lipinski definition) is 2. The molecular formula is C17H17ClN4O. The topological polar surface area (TPSA) is 62.8 Å². The third-order valence-corrected chi connectivity index (χ3v) is 3.32. The molecule has 0 unspecified atom stereocenters. The lowest BCUT2D eigenvalue weighted by Gasteiger charge is -2.09. The van der Waals surface area contributed by atoms with Gasteiger partial charge in [-0.1, -0.05) is 23.7 Å². The van der Waals surface area contributed by atoms with Crippen LogP contribution in [0, 0.1) is 0 Å². The summed E-state index contributed by atoms with van der Waals surface area (Å²) in [5.74, 6) is 1.98. The van der Waals surface area contributed by atoms with E-state index in [0.29, 0.717) is 16.8 Å². The molecule has 0 bridgehead atoms. The van der Waals surface area contributed by atoms with Crippen LogP contribution in [0.3, 0.4) is 0 Å². The van der Waals surface area contributed by atoms with Gasteiger partial charge in [0, 0.05) is 16.3 Å². The molecule has 118 valence electrons. The first-order chi connectivity index (χ1) is 11.1. The van der Waals surface area contributed by atoms with Crippen molar-refractivity contribution in [2.75, 3.05) is 5.32 Å². The molecule has 0 atom stereocenters. The molecule has 0 amide bonds. The van der Waals surface area contributed by atoms with Crippen molar-refractivity contribution in [3.8, 4) is 17.1 Å². The van der Waals surface area contributed by atoms with Crippen molar-refractivity contribution in [2.45, 2.75) is 20.0 Å². The predicted octanol–water partition coefficient (Wildman–Crippen LogP) is 4.66. The highest BCUT2D eigenvalue weighted by molar-refractivity contribution is 6.30. The Balaban J connectivity index is 1.77. The van der Waals surface area contributed by atoms with E-state index in [0.717, 1.165) is 17.0 Å². The van der Waals surface area contributed by atoms with Crippen molar-refractivity contribution in [1.29, 1.82) is 0 Å². The van der Waals surface area contributed by atoms with E-state index in [1.807, 2.05) is 62.4 Å². The smallest absolute Gasteiger partial charge is 0.246 e. The number of benzene rings is 2. The fraction of sp³-hybridized carbons (Fsp3) is 0.176. The molecule has 0 fully saturated rings. The van der Waals surface area contributed by atoms with Crippen LogP contribution < -0.4 is 10.1 Å². The highest BCUT2D eigenvalue weighted by atomic mass is 35.5. The lowest BCUT2D eigenvalue weighted by molar-refractivity contribution is 0.242. The predicted molar refractivity (Wildman–Crippen MR) is 92.3 cm³/mol. The zero-order chi connectivity index (χ0) is 16.2. The molecule has 3 aromatic rings. The average Bonchev–Trinajstić information content (AvgIpc) is 2.98. The molecule has 2 N–H and O–H groups in total. The summed E-state index contributed by atoms with van der Waals surface area (Å²) >= 11 is 5.87. The number of anilines is 2. The molecule has 5 nitrogen and oxygen atoms in total. The summed E-state index contributed by atoms with van der Waals surface area (Å²) in [6, 6.07) is 15.1. The second-order valence-electron chi connectivity index (χ2n) is 5.33. The molecule has 1 aromatic heterocycles. The lowest BCUT2D eigenvalue weighted by atomic mass is 10.2. The van der Waals surface area contributed by atoms with E-state index in [1.54, 1.807) is 0 Å². The summed E-state index contributed by atoms with van der Waals surface area (Å²) < 4.78 is 5.70. The van der Waals surface area contributed by atoms with Crippen LogP contribution in [0.15, 0.2) is 48.5 Å². The fourth-order valence-corrected chi connectivity index (χ4v) is 2.22. The van der Waals surface area contributed by atoms with Gasteiger partial charge >= 0.3 is 0 Å². The Labute approximate surface area is 139 Å². The van der Waals surface area contributed by atoms with Gasteiger partial charge in [0.05, 0.1) is 6.10 Å². The second kappa shape index (κ2) is 6.71. The first-order valence-corrected chi connectivity index (χ1v) is 7.70. The SMILES string of the molecule is CC(C)Oc1cccc(-c2nc(Nc3ccc(Cl)cc3)n[nH]2)c1. The Morgan fingerprint density at radius 3 is 2.65 bits per heavy atom. The fourth-order valence-electron chi connectivity index (χ4n) is 2.10. The number of hydrogen-bond acceptors (Lipinski definition) is 4. The minimum Gasteiger partial charge on any atom is -0.491 e. The Morgan fingerprint density at radius 1 is 1.13 bits per heavy atom. The van der Waals surface area contributed by atoms with Crippen LogP contribution in [0.5, 0.6) is 5.75 Å². The van der Waals surface area contributed by atoms with Gasteiger partial charge in [0.1, 0.15) is 5.75 Å². The van der Waals surface area contributed by atoms with Crippen molar-refractivity contribution in [1.82, 2.24) is 15.2 Å². The van der Waals surface area contributed by atoms with E-state index in [9.17, 15) is 0 Å². The van der Waals surface area contributed by atoms with Gasteiger partial charge in [-0.05, 0) is 50.2 Å². The summed E-state index contributed by atoms with van der Waals surface area (Å²) in [7, 11) is 0. The quantitative estimate of drug-likeness (QED) is 0.715. The molecule has 0 saturated heterocycles. The molecular weight excluding hydrogens is 312 g/mol. The number of H-pyrrole nitrogens is 1. The maximum atomic E-state index is 5.87. The highest BCUT2D eigenvalue weighted by Crippen LogP contribution is 2.23. The first kappa shape index (κ1) is 15.4. The number of ether oxygens (including phenoxy) is 1. The van der Waals surface area contributed by atoms with E-state index in [-0.39, 0.29) is 6.10 Å². The van der Waals surface area contributed by atoms with Gasteiger partial charge in [-0.25, -0.2) is 0 Å². The van der Waals surface area contributed by atoms with E-state index < -0.39 is 0 Å². The molecule has 3 rings (SSSR count). The maximum absolute atomic E-state index is 5.87. The van der Waals surface area contributed by atoms with Crippen molar-refractivity contribution < 1.29 is 4.74 Å². The monoisotopic (exact) mass is 328 g/mol. The summed E-state index contributed by atoms with van der Waals surface area (Å²) in [5, 5.41) is 10.9. The van der Waals surface area contributed by atoms with Gasteiger partial charge in [-0.3, -0.25) is 5.10 Å². The van der Waals surface area contributed by atoms with Crippen LogP contribution in [0.4, 0.5) is 11.6 Å². The summed E-state index contributed by atoms with van der Waals surface area (Å²) in [5.41, 5.74) is 1.79. The largest absolute Gasteiger partial charge is 0.491 e. The normalized spacial score (nSPS) is 10.8. The summed E-state index contributed by atoms with van der Waals surface area (Å²) in [6.45, 7) is 3.99. The molecule has 2 aromatic carbocycles. The molecule has 1 heterocycles. The zero-order valence-corrected chi connectivity index (χ0v) is 13.6. The van der Waals surface area contributed by atoms with Gasteiger partial charge in [-0.2, -0.15) is 4.98 Å². The Kier molecular flexibility index (Phi) is 4.48. The van der Waals surface area contributed by atoms with Gasteiger partial charge in [-0.15, -0.1) is 5.10 Å². The first-order valence-electron chi connectivity index (χ1n) is 7.32. The van der Waals surface area contributed by atoms with Crippen molar-refractivity contribution in [2.24, 2.45) is 0 Å². The summed E-state index contributed by atoms with van der Waals surface area (Å²) in [6.07, 6.45) is 0.127. The van der Waals surface area contributed by atoms with E-state index in [4.69, 9.17) is 16.3 Å². The van der Waals surface area contributed by atoms with Crippen molar-refractivity contribution in [3.05, 3.63) is 53.6 Å². The number of aromatic nitrogens is 3. The number of nitrogens with one attached hydrogen (secondary N) is 2. The van der Waals surface area contributed by atoms with Crippen LogP contribution in [0.2, 0.25) is 5.02 Å². The maximum Gasteiger partial charge on any atom is 0.246 e. The Morgan fingerprint density at radius 2 is 1.91 bits per heavy atom. The number of halogens is 1. The molecule has 23 heavy (non-hydrogen) atoms. The highest BCUT2D eigenvalue weighted by Gasteiger charge is 2.07. The van der Waals surface area contributed by atoms with Gasteiger partial charge in [0.2, 0.25) is 5.95 Å². The average molecular weight is 329 g/mol. The van der Waals surface area contributed by atoms with E-state index in [1.165, 1.54) is 0 Å². The van der Waals surface area contributed by atoms with Crippen LogP contribution in [0.1, 0.15) is 13.8 Å². The molecule has 0 aliphatic carbocycles. The standard InChI is InChI=1S/C17H17ClN4O/c1-11(2)23-15-5-3-4-12(10-15)16-20-17(22-21-16)19-14-8-6-13(18)7-9-14/h3-11H,1-2H3,(H2,19,20,21,22). The second-order valence-corrected chi connectivity index (χ2v) is 5.77. The zero-order valence-electron chi connectivity index (χ0n) is 12.9. The lowest BCUT2D eigenvalue weighted by Crippen LogP contribution is -2.05. The third kappa shape index (κ3) is 4.02. The number of rotatable bonds is 5. The molecule has 0 aliphatic rings. The third-order valence-electron chi connectivity index (χ3n) is 3.07. The van der Waals surface area contributed by atoms with Crippen LogP contribution >= 0.6 is 11.6 Å². The minimum atomic E-state index is 0.127. The Bertz CT molecular complexity index is 783. The van der Waals surface area contributed by atoms with Crippen molar-refractivity contribution in [3.63, 3.8) is 0 Å². The minimum absolute atomic E-state index is 0.127. The number of nitrogens with zero attached hydrogens (tertiary/aromatic N) is 2. The molecule has 0 spiro atoms. The van der Waals surface area contributed by atoms with Gasteiger partial charge in [0.25, 0.3) is 0 Å². The number of aromatic amines is 1. The summed E-state index contributed by atoms with van der Waals surface area (Å²) in [4.78, 5) is 4.45. The van der Waals surface area contributed by atoms with Crippen LogP contribution in [0.25, 0.3) is 11.4 Å². The molecule has 0 aliphatic heterocycles. The molecule has 0 radical (unpaired) electrons. The Hall–Kier alpha value is -2.53. The van der Waals surface area contributed by atoms with Crippen molar-refractivity contribution >= 4 is 23.2 Å². The van der Waals surface area contributed by atoms with E-state index in [2.05, 4.69) is 20.5 Å². The van der Waals surface area contributed by atoms with Crippen LogP contribution in [-0.2, 0) is 0 Å². The van der Waals surface area contributed by atoms with E-state index >= 15 is 0 Å². The molecule has 6 heteroatoms.